The highest BCUT2D eigenvalue weighted by Crippen LogP contribution is 2.24. The van der Waals surface area contributed by atoms with Gasteiger partial charge in [0, 0.05) is 26.2 Å². The number of rotatable bonds is 8. The second kappa shape index (κ2) is 13.5. The van der Waals surface area contributed by atoms with Crippen molar-refractivity contribution in [1.29, 1.82) is 0 Å². The van der Waals surface area contributed by atoms with Gasteiger partial charge in [0.1, 0.15) is 5.82 Å². The molecule has 3 rings (SSSR count). The normalized spacial score (nSPS) is 14.8. The van der Waals surface area contributed by atoms with E-state index in [2.05, 4.69) is 39.9 Å². The Hall–Kier alpha value is -1.87. The Morgan fingerprint density at radius 3 is 2.52 bits per heavy atom. The van der Waals surface area contributed by atoms with Crippen molar-refractivity contribution in [2.75, 3.05) is 31.1 Å². The molecule has 1 aliphatic heterocycles. The number of aliphatic hydroxyl groups is 1. The maximum Gasteiger partial charge on any atom is 0.191 e. The fourth-order valence-corrected chi connectivity index (χ4v) is 3.67. The number of piperidine rings is 1. The van der Waals surface area contributed by atoms with E-state index in [1.54, 1.807) is 6.07 Å². The molecule has 0 spiro atoms. The molecular formula is C24H34FIN4O. The summed E-state index contributed by atoms with van der Waals surface area (Å²) in [6.45, 7) is 5.43. The Morgan fingerprint density at radius 1 is 1.10 bits per heavy atom. The summed E-state index contributed by atoms with van der Waals surface area (Å²) in [6.07, 6.45) is 3.15. The van der Waals surface area contributed by atoms with Crippen LogP contribution in [0.15, 0.2) is 53.5 Å². The number of nitrogens with zero attached hydrogens (tertiary/aromatic N) is 2. The van der Waals surface area contributed by atoms with Gasteiger partial charge >= 0.3 is 0 Å². The van der Waals surface area contributed by atoms with E-state index in [9.17, 15) is 9.50 Å². The van der Waals surface area contributed by atoms with Crippen molar-refractivity contribution in [2.45, 2.75) is 45.3 Å². The van der Waals surface area contributed by atoms with E-state index in [1.807, 2.05) is 30.0 Å². The van der Waals surface area contributed by atoms with E-state index in [-0.39, 0.29) is 35.9 Å². The third-order valence-corrected chi connectivity index (χ3v) is 5.36. The molecule has 0 atom stereocenters. The fourth-order valence-electron chi connectivity index (χ4n) is 3.67. The molecule has 2 aromatic rings. The van der Waals surface area contributed by atoms with Crippen LogP contribution in [0.1, 0.15) is 37.3 Å². The minimum atomic E-state index is -0.261. The molecule has 0 unspecified atom stereocenters. The van der Waals surface area contributed by atoms with E-state index in [1.165, 1.54) is 5.56 Å². The molecule has 0 bridgehead atoms. The standard InChI is InChI=1S/C24H33FN4O.HI/c1-2-26-24(27-14-6-9-19-7-4-3-5-8-19)28-18-20-10-11-23(22(25)17-20)29-15-12-21(30)13-16-29;/h3-5,7-8,10-11,17,21,30H,2,6,9,12-16,18H2,1H3,(H2,26,27,28);1H. The quantitative estimate of drug-likeness (QED) is 0.204. The first-order chi connectivity index (χ1) is 14.7. The van der Waals surface area contributed by atoms with Crippen LogP contribution in [0.4, 0.5) is 10.1 Å². The number of anilines is 1. The number of hydrogen-bond donors (Lipinski definition) is 3. The minimum absolute atomic E-state index is 0. The second-order valence-electron chi connectivity index (χ2n) is 7.72. The van der Waals surface area contributed by atoms with E-state index in [0.29, 0.717) is 38.2 Å². The molecular weight excluding hydrogens is 506 g/mol. The summed E-state index contributed by atoms with van der Waals surface area (Å²) in [5.41, 5.74) is 2.79. The number of guanidine groups is 1. The van der Waals surface area contributed by atoms with Gasteiger partial charge in [-0.25, -0.2) is 9.38 Å². The first-order valence-electron chi connectivity index (χ1n) is 10.9. The third-order valence-electron chi connectivity index (χ3n) is 5.36. The van der Waals surface area contributed by atoms with Gasteiger partial charge in [0.2, 0.25) is 0 Å². The van der Waals surface area contributed by atoms with Crippen molar-refractivity contribution in [3.8, 4) is 0 Å². The molecule has 1 fully saturated rings. The van der Waals surface area contributed by atoms with Crippen LogP contribution in [0, 0.1) is 5.82 Å². The van der Waals surface area contributed by atoms with Crippen molar-refractivity contribution in [2.24, 2.45) is 4.99 Å². The number of benzene rings is 2. The van der Waals surface area contributed by atoms with Crippen LogP contribution >= 0.6 is 24.0 Å². The van der Waals surface area contributed by atoms with Gasteiger partial charge in [0.25, 0.3) is 0 Å². The fraction of sp³-hybridized carbons (Fsp3) is 0.458. The second-order valence-corrected chi connectivity index (χ2v) is 7.72. The van der Waals surface area contributed by atoms with Gasteiger partial charge in [0.05, 0.1) is 18.3 Å². The molecule has 0 amide bonds. The van der Waals surface area contributed by atoms with Gasteiger partial charge in [0.15, 0.2) is 5.96 Å². The molecule has 0 radical (unpaired) electrons. The largest absolute Gasteiger partial charge is 0.393 e. The first-order valence-corrected chi connectivity index (χ1v) is 10.9. The molecule has 1 saturated heterocycles. The number of aryl methyl sites for hydroxylation is 1. The Labute approximate surface area is 202 Å². The van der Waals surface area contributed by atoms with Crippen LogP contribution in [0.2, 0.25) is 0 Å². The predicted octanol–water partition coefficient (Wildman–Crippen LogP) is 4.09. The molecule has 0 saturated carbocycles. The lowest BCUT2D eigenvalue weighted by atomic mass is 10.1. The summed E-state index contributed by atoms with van der Waals surface area (Å²) >= 11 is 0. The van der Waals surface area contributed by atoms with Gasteiger partial charge in [-0.2, -0.15) is 0 Å². The molecule has 1 aliphatic rings. The smallest absolute Gasteiger partial charge is 0.191 e. The Balaban J connectivity index is 0.00000341. The molecule has 3 N–H and O–H groups in total. The average Bonchev–Trinajstić information content (AvgIpc) is 2.76. The number of nitrogens with one attached hydrogen (secondary N) is 2. The number of aliphatic imine (C=N–C) groups is 1. The van der Waals surface area contributed by atoms with Crippen molar-refractivity contribution in [3.63, 3.8) is 0 Å². The molecule has 5 nitrogen and oxygen atoms in total. The van der Waals surface area contributed by atoms with Crippen molar-refractivity contribution in [3.05, 3.63) is 65.5 Å². The molecule has 2 aromatic carbocycles. The highest BCUT2D eigenvalue weighted by molar-refractivity contribution is 14.0. The zero-order chi connectivity index (χ0) is 21.2. The topological polar surface area (TPSA) is 59.9 Å². The van der Waals surface area contributed by atoms with Crippen LogP contribution in [-0.2, 0) is 13.0 Å². The van der Waals surface area contributed by atoms with E-state index >= 15 is 0 Å². The van der Waals surface area contributed by atoms with Gasteiger partial charge < -0.3 is 20.6 Å². The lowest BCUT2D eigenvalue weighted by Crippen LogP contribution is -2.37. The molecule has 7 heteroatoms. The highest BCUT2D eigenvalue weighted by atomic mass is 127. The van der Waals surface area contributed by atoms with Gasteiger partial charge in [-0.3, -0.25) is 0 Å². The summed E-state index contributed by atoms with van der Waals surface area (Å²) in [5, 5.41) is 16.2. The molecule has 0 aromatic heterocycles. The molecule has 31 heavy (non-hydrogen) atoms. The van der Waals surface area contributed by atoms with Crippen molar-refractivity contribution < 1.29 is 9.50 Å². The van der Waals surface area contributed by atoms with Crippen molar-refractivity contribution >= 4 is 35.6 Å². The Kier molecular flexibility index (Phi) is 11.1. The predicted molar refractivity (Wildman–Crippen MR) is 137 cm³/mol. The van der Waals surface area contributed by atoms with Crippen LogP contribution in [0.3, 0.4) is 0 Å². The first kappa shape index (κ1) is 25.4. The summed E-state index contributed by atoms with van der Waals surface area (Å²) < 4.78 is 14.6. The maximum absolute atomic E-state index is 14.6. The summed E-state index contributed by atoms with van der Waals surface area (Å²) in [6, 6.07) is 15.8. The molecule has 0 aliphatic carbocycles. The van der Waals surface area contributed by atoms with Crippen molar-refractivity contribution in [1.82, 2.24) is 10.6 Å². The summed E-state index contributed by atoms with van der Waals surface area (Å²) in [4.78, 5) is 6.61. The Morgan fingerprint density at radius 2 is 1.84 bits per heavy atom. The van der Waals surface area contributed by atoms with Crippen LogP contribution in [0.25, 0.3) is 0 Å². The lowest BCUT2D eigenvalue weighted by molar-refractivity contribution is 0.145. The lowest BCUT2D eigenvalue weighted by Gasteiger charge is -2.31. The number of hydrogen-bond acceptors (Lipinski definition) is 3. The van der Waals surface area contributed by atoms with E-state index in [0.717, 1.165) is 37.5 Å². The van der Waals surface area contributed by atoms with Crippen LogP contribution in [0.5, 0.6) is 0 Å². The zero-order valence-corrected chi connectivity index (χ0v) is 20.5. The van der Waals surface area contributed by atoms with E-state index < -0.39 is 0 Å². The third kappa shape index (κ3) is 8.29. The maximum atomic E-state index is 14.6. The summed E-state index contributed by atoms with van der Waals surface area (Å²) in [5.74, 6) is 0.528. The van der Waals surface area contributed by atoms with Gasteiger partial charge in [-0.15, -0.1) is 24.0 Å². The summed E-state index contributed by atoms with van der Waals surface area (Å²) in [7, 11) is 0. The average molecular weight is 540 g/mol. The minimum Gasteiger partial charge on any atom is -0.393 e. The molecule has 1 heterocycles. The highest BCUT2D eigenvalue weighted by Gasteiger charge is 2.19. The van der Waals surface area contributed by atoms with Gasteiger partial charge in [-0.05, 0) is 55.9 Å². The SMILES string of the molecule is CCNC(=NCc1ccc(N2CCC(O)CC2)c(F)c1)NCCCc1ccccc1.I. The Bertz CT molecular complexity index is 810. The monoisotopic (exact) mass is 540 g/mol. The zero-order valence-electron chi connectivity index (χ0n) is 18.2. The number of aliphatic hydroxyl groups excluding tert-OH is 1. The van der Waals surface area contributed by atoms with Crippen LogP contribution in [-0.4, -0.2) is 43.3 Å². The molecule has 170 valence electrons. The number of halogens is 2. The van der Waals surface area contributed by atoms with Gasteiger partial charge in [-0.1, -0.05) is 36.4 Å². The van der Waals surface area contributed by atoms with Crippen LogP contribution < -0.4 is 15.5 Å². The van der Waals surface area contributed by atoms with E-state index in [4.69, 9.17) is 0 Å².